The molecule has 0 unspecified atom stereocenters. The molecule has 1 aromatic carbocycles. The van der Waals surface area contributed by atoms with Gasteiger partial charge in [-0.3, -0.25) is 0 Å². The van der Waals surface area contributed by atoms with Crippen LogP contribution < -0.4 is 10.1 Å². The number of nitrogens with zero attached hydrogens (tertiary/aromatic N) is 2. The fourth-order valence-electron chi connectivity index (χ4n) is 3.06. The summed E-state index contributed by atoms with van der Waals surface area (Å²) in [4.78, 5) is 4.42. The summed E-state index contributed by atoms with van der Waals surface area (Å²) in [5.74, 6) is 0.390. The zero-order valence-electron chi connectivity index (χ0n) is 14.5. The number of ether oxygens (including phenoxy) is 1. The zero-order chi connectivity index (χ0) is 18.2. The maximum atomic E-state index is 13.2. The number of halogens is 1. The topological polar surface area (TPSA) is 71.5 Å². The molecule has 1 aromatic heterocycles. The largest absolute Gasteiger partial charge is 0.475 e. The van der Waals surface area contributed by atoms with Gasteiger partial charge in [0, 0.05) is 29.9 Å². The summed E-state index contributed by atoms with van der Waals surface area (Å²) in [6.45, 7) is 4.73. The molecule has 1 aliphatic heterocycles. The lowest BCUT2D eigenvalue weighted by molar-refractivity contribution is 0.236. The number of hydrogen-bond acceptors (Lipinski definition) is 5. The summed E-state index contributed by atoms with van der Waals surface area (Å²) >= 11 is 6.33. The van der Waals surface area contributed by atoms with Gasteiger partial charge >= 0.3 is 0 Å². The third-order valence-electron chi connectivity index (χ3n) is 4.32. The van der Waals surface area contributed by atoms with Gasteiger partial charge in [-0.25, -0.2) is 13.4 Å². The first-order valence-corrected chi connectivity index (χ1v) is 10.1. The van der Waals surface area contributed by atoms with Crippen molar-refractivity contribution in [3.05, 3.63) is 29.4 Å². The SMILES string of the molecule is CN[C@H]1CCN(S(=O)(=O)c2cccc3c(OC(C)C)ncc(Cl)c23)C1. The number of hydrogen-bond donors (Lipinski definition) is 1. The summed E-state index contributed by atoms with van der Waals surface area (Å²) < 4.78 is 33.6. The van der Waals surface area contributed by atoms with Crippen LogP contribution in [0.4, 0.5) is 0 Å². The predicted molar refractivity (Wildman–Crippen MR) is 98.7 cm³/mol. The van der Waals surface area contributed by atoms with Crippen molar-refractivity contribution < 1.29 is 13.2 Å². The van der Waals surface area contributed by atoms with Gasteiger partial charge in [0.2, 0.25) is 15.9 Å². The van der Waals surface area contributed by atoms with Crippen LogP contribution in [-0.2, 0) is 10.0 Å². The van der Waals surface area contributed by atoms with Gasteiger partial charge in [-0.15, -0.1) is 0 Å². The molecule has 1 fully saturated rings. The van der Waals surface area contributed by atoms with E-state index in [0.29, 0.717) is 34.8 Å². The zero-order valence-corrected chi connectivity index (χ0v) is 16.1. The molecule has 0 spiro atoms. The Bertz CT molecular complexity index is 886. The van der Waals surface area contributed by atoms with Crippen LogP contribution in [0.15, 0.2) is 29.3 Å². The van der Waals surface area contributed by atoms with E-state index >= 15 is 0 Å². The normalized spacial score (nSPS) is 19.0. The van der Waals surface area contributed by atoms with Crippen molar-refractivity contribution in [1.29, 1.82) is 0 Å². The summed E-state index contributed by atoms with van der Waals surface area (Å²) in [6.07, 6.45) is 2.16. The lowest BCUT2D eigenvalue weighted by Gasteiger charge is -2.19. The molecule has 1 aliphatic rings. The monoisotopic (exact) mass is 383 g/mol. The van der Waals surface area contributed by atoms with Gasteiger partial charge in [0.05, 0.1) is 22.2 Å². The van der Waals surface area contributed by atoms with Crippen molar-refractivity contribution >= 4 is 32.4 Å². The average Bonchev–Trinajstić information content (AvgIpc) is 3.06. The van der Waals surface area contributed by atoms with E-state index in [1.807, 2.05) is 20.9 Å². The first-order chi connectivity index (χ1) is 11.8. The van der Waals surface area contributed by atoms with Gasteiger partial charge in [0.25, 0.3) is 0 Å². The predicted octanol–water partition coefficient (Wildman–Crippen LogP) is 2.66. The molecule has 1 atom stereocenters. The number of benzene rings is 1. The van der Waals surface area contributed by atoms with Gasteiger partial charge in [-0.1, -0.05) is 17.7 Å². The molecule has 3 rings (SSSR count). The molecule has 1 saturated heterocycles. The van der Waals surface area contributed by atoms with Crippen molar-refractivity contribution in [2.45, 2.75) is 37.3 Å². The van der Waals surface area contributed by atoms with Gasteiger partial charge < -0.3 is 10.1 Å². The smallest absolute Gasteiger partial charge is 0.243 e. The number of sulfonamides is 1. The maximum absolute atomic E-state index is 13.2. The summed E-state index contributed by atoms with van der Waals surface area (Å²) in [7, 11) is -1.81. The van der Waals surface area contributed by atoms with E-state index in [2.05, 4.69) is 10.3 Å². The number of pyridine rings is 1. The average molecular weight is 384 g/mol. The van der Waals surface area contributed by atoms with Gasteiger partial charge in [0.1, 0.15) is 0 Å². The molecule has 6 nitrogen and oxygen atoms in total. The fourth-order valence-corrected chi connectivity index (χ4v) is 5.10. The first-order valence-electron chi connectivity index (χ1n) is 8.26. The molecule has 1 N–H and O–H groups in total. The fraction of sp³-hybridized carbons (Fsp3) is 0.471. The highest BCUT2D eigenvalue weighted by atomic mass is 35.5. The van der Waals surface area contributed by atoms with Crippen LogP contribution in [0, 0.1) is 0 Å². The lowest BCUT2D eigenvalue weighted by atomic mass is 10.1. The van der Waals surface area contributed by atoms with E-state index in [1.54, 1.807) is 18.2 Å². The van der Waals surface area contributed by atoms with Crippen LogP contribution in [0.25, 0.3) is 10.8 Å². The minimum absolute atomic E-state index is 0.0768. The molecular weight excluding hydrogens is 362 g/mol. The number of nitrogens with one attached hydrogen (secondary N) is 1. The lowest BCUT2D eigenvalue weighted by Crippen LogP contribution is -2.33. The Hall–Kier alpha value is -1.41. The van der Waals surface area contributed by atoms with E-state index in [0.717, 1.165) is 6.42 Å². The van der Waals surface area contributed by atoms with Crippen molar-refractivity contribution in [3.8, 4) is 5.88 Å². The van der Waals surface area contributed by atoms with Crippen LogP contribution in [0.5, 0.6) is 5.88 Å². The van der Waals surface area contributed by atoms with Gasteiger partial charge in [-0.2, -0.15) is 4.31 Å². The molecule has 0 amide bonds. The number of likely N-dealkylation sites (N-methyl/N-ethyl adjacent to an activating group) is 1. The molecule has 2 heterocycles. The number of fused-ring (bicyclic) bond motifs is 1. The molecule has 0 bridgehead atoms. The first kappa shape index (κ1) is 18.4. The van der Waals surface area contributed by atoms with Gasteiger partial charge in [0.15, 0.2) is 0 Å². The van der Waals surface area contributed by atoms with Crippen molar-refractivity contribution in [2.24, 2.45) is 0 Å². The van der Waals surface area contributed by atoms with E-state index < -0.39 is 10.0 Å². The molecule has 136 valence electrons. The molecule has 8 heteroatoms. The molecule has 0 saturated carbocycles. The highest BCUT2D eigenvalue weighted by Gasteiger charge is 2.33. The van der Waals surface area contributed by atoms with E-state index in [9.17, 15) is 8.42 Å². The molecule has 2 aromatic rings. The third-order valence-corrected chi connectivity index (χ3v) is 6.51. The Morgan fingerprint density at radius 2 is 2.16 bits per heavy atom. The second kappa shape index (κ2) is 7.07. The summed E-state index contributed by atoms with van der Waals surface area (Å²) in [6, 6.07) is 5.24. The van der Waals surface area contributed by atoms with E-state index in [1.165, 1.54) is 10.5 Å². The van der Waals surface area contributed by atoms with Crippen LogP contribution in [0.2, 0.25) is 5.02 Å². The second-order valence-electron chi connectivity index (χ2n) is 6.39. The highest BCUT2D eigenvalue weighted by Crippen LogP contribution is 2.36. The van der Waals surface area contributed by atoms with Crippen molar-refractivity contribution in [3.63, 3.8) is 0 Å². The van der Waals surface area contributed by atoms with Crippen LogP contribution in [0.1, 0.15) is 20.3 Å². The Balaban J connectivity index is 2.14. The summed E-state index contributed by atoms with van der Waals surface area (Å²) in [5, 5.41) is 4.50. The molecule has 0 radical (unpaired) electrons. The van der Waals surface area contributed by atoms with Crippen LogP contribution >= 0.6 is 11.6 Å². The quantitative estimate of drug-likeness (QED) is 0.859. The number of aromatic nitrogens is 1. The third kappa shape index (κ3) is 3.46. The van der Waals surface area contributed by atoms with E-state index in [-0.39, 0.29) is 17.0 Å². The Morgan fingerprint density at radius 1 is 1.40 bits per heavy atom. The van der Waals surface area contributed by atoms with Crippen molar-refractivity contribution in [2.75, 3.05) is 20.1 Å². The molecular formula is C17H22ClN3O3S. The maximum Gasteiger partial charge on any atom is 0.243 e. The highest BCUT2D eigenvalue weighted by molar-refractivity contribution is 7.89. The second-order valence-corrected chi connectivity index (χ2v) is 8.71. The number of rotatable bonds is 5. The van der Waals surface area contributed by atoms with E-state index in [4.69, 9.17) is 16.3 Å². The van der Waals surface area contributed by atoms with Crippen LogP contribution in [-0.4, -0.2) is 50.0 Å². The minimum Gasteiger partial charge on any atom is -0.475 e. The Labute approximate surface area is 153 Å². The minimum atomic E-state index is -3.65. The standard InChI is InChI=1S/C17H22ClN3O3S/c1-11(2)24-17-13-5-4-6-15(16(13)14(18)9-20-17)25(22,23)21-8-7-12(10-21)19-3/h4-6,9,11-12,19H,7-8,10H2,1-3H3/t12-/m0/s1. The molecule has 25 heavy (non-hydrogen) atoms. The van der Waals surface area contributed by atoms with Gasteiger partial charge in [-0.05, 0) is 39.4 Å². The van der Waals surface area contributed by atoms with Crippen molar-refractivity contribution in [1.82, 2.24) is 14.6 Å². The Kier molecular flexibility index (Phi) is 5.20. The van der Waals surface area contributed by atoms with Crippen LogP contribution in [0.3, 0.4) is 0 Å². The summed E-state index contributed by atoms with van der Waals surface area (Å²) in [5.41, 5.74) is 0. The molecule has 0 aliphatic carbocycles. The Morgan fingerprint density at radius 3 is 2.80 bits per heavy atom.